The van der Waals surface area contributed by atoms with Crippen LogP contribution in [0, 0.1) is 5.82 Å². The van der Waals surface area contributed by atoms with E-state index < -0.39 is 28.5 Å². The summed E-state index contributed by atoms with van der Waals surface area (Å²) in [6.45, 7) is 1.41. The average molecular weight is 369 g/mol. The third-order valence-electron chi connectivity index (χ3n) is 2.53. The zero-order valence-corrected chi connectivity index (χ0v) is 13.1. The molecule has 124 valence electrons. The van der Waals surface area contributed by atoms with E-state index in [9.17, 15) is 22.4 Å². The molecule has 2 aromatic rings. The Morgan fingerprint density at radius 3 is 2.70 bits per heavy atom. The molecule has 10 heteroatoms. The van der Waals surface area contributed by atoms with E-state index in [1.165, 1.54) is 13.0 Å². The van der Waals surface area contributed by atoms with Gasteiger partial charge in [0, 0.05) is 0 Å². The maximum Gasteiger partial charge on any atom is 0.435 e. The molecule has 4 nitrogen and oxygen atoms in total. The van der Waals surface area contributed by atoms with Gasteiger partial charge in [0.05, 0.1) is 17.3 Å². The van der Waals surface area contributed by atoms with Crippen LogP contribution in [0.15, 0.2) is 18.2 Å². The van der Waals surface area contributed by atoms with Crippen LogP contribution in [-0.4, -0.2) is 17.6 Å². The number of aromatic nitrogens is 1. The normalized spacial score (nSPS) is 11.4. The van der Waals surface area contributed by atoms with Crippen molar-refractivity contribution in [1.82, 2.24) is 4.98 Å². The molecule has 23 heavy (non-hydrogen) atoms. The number of hydrogen-bond donors (Lipinski definition) is 1. The van der Waals surface area contributed by atoms with Crippen molar-refractivity contribution in [2.75, 3.05) is 11.9 Å². The highest BCUT2D eigenvalue weighted by atomic mass is 35.5. The second-order valence-electron chi connectivity index (χ2n) is 4.16. The van der Waals surface area contributed by atoms with Gasteiger partial charge in [0.25, 0.3) is 0 Å². The molecule has 0 radical (unpaired) electrons. The van der Waals surface area contributed by atoms with Crippen molar-refractivity contribution in [2.24, 2.45) is 0 Å². The van der Waals surface area contributed by atoms with Crippen LogP contribution in [0.1, 0.15) is 22.3 Å². The lowest BCUT2D eigenvalue weighted by Crippen LogP contribution is -2.13. The molecule has 0 aliphatic rings. The van der Waals surface area contributed by atoms with Crippen molar-refractivity contribution in [1.29, 1.82) is 0 Å². The van der Waals surface area contributed by atoms with Gasteiger partial charge < -0.3 is 10.1 Å². The Morgan fingerprint density at radius 1 is 1.43 bits per heavy atom. The number of carbonyl (C=O) groups excluding carboxylic acids is 1. The molecule has 0 aliphatic carbocycles. The van der Waals surface area contributed by atoms with Crippen molar-refractivity contribution in [3.8, 4) is 0 Å². The minimum atomic E-state index is -4.81. The lowest BCUT2D eigenvalue weighted by atomic mass is 10.3. The molecule has 1 heterocycles. The Labute approximate surface area is 137 Å². The zero-order valence-electron chi connectivity index (χ0n) is 11.5. The van der Waals surface area contributed by atoms with Gasteiger partial charge in [0.15, 0.2) is 10.8 Å². The highest BCUT2D eigenvalue weighted by Gasteiger charge is 2.40. The Morgan fingerprint density at radius 2 is 2.13 bits per heavy atom. The van der Waals surface area contributed by atoms with Gasteiger partial charge in [-0.3, -0.25) is 0 Å². The molecule has 1 aromatic heterocycles. The molecule has 0 bridgehead atoms. The maximum atomic E-state index is 13.0. The van der Waals surface area contributed by atoms with E-state index in [2.05, 4.69) is 15.0 Å². The van der Waals surface area contributed by atoms with Crippen molar-refractivity contribution in [3.05, 3.63) is 39.6 Å². The number of thiazole rings is 1. The number of anilines is 2. The fourth-order valence-electron chi connectivity index (χ4n) is 1.61. The van der Waals surface area contributed by atoms with E-state index in [0.29, 0.717) is 11.3 Å². The van der Waals surface area contributed by atoms with Crippen molar-refractivity contribution >= 4 is 39.7 Å². The Bertz CT molecular complexity index is 733. The van der Waals surface area contributed by atoms with E-state index in [4.69, 9.17) is 11.6 Å². The highest BCUT2D eigenvalue weighted by molar-refractivity contribution is 7.17. The van der Waals surface area contributed by atoms with Crippen LogP contribution in [0.5, 0.6) is 0 Å². The number of carbonyl (C=O) groups is 1. The summed E-state index contributed by atoms with van der Waals surface area (Å²) in [6, 6.07) is 3.32. The molecule has 0 spiro atoms. The average Bonchev–Trinajstić information content (AvgIpc) is 2.86. The molecule has 0 amide bonds. The third-order valence-corrected chi connectivity index (χ3v) is 3.79. The van der Waals surface area contributed by atoms with Crippen LogP contribution in [0.25, 0.3) is 0 Å². The number of ether oxygens (including phenoxy) is 1. The predicted molar refractivity (Wildman–Crippen MR) is 77.8 cm³/mol. The number of nitrogens with one attached hydrogen (secondary N) is 1. The molecule has 1 aromatic carbocycles. The molecule has 2 rings (SSSR count). The molecule has 0 saturated heterocycles. The molecule has 1 N–H and O–H groups in total. The minimum absolute atomic E-state index is 0.0357. The molecule has 0 saturated carbocycles. The monoisotopic (exact) mass is 368 g/mol. The summed E-state index contributed by atoms with van der Waals surface area (Å²) in [5.74, 6) is -1.71. The van der Waals surface area contributed by atoms with Crippen LogP contribution in [0.4, 0.5) is 28.4 Å². The van der Waals surface area contributed by atoms with Gasteiger partial charge in [-0.25, -0.2) is 14.2 Å². The number of esters is 1. The number of benzene rings is 1. The molecule has 0 atom stereocenters. The first-order chi connectivity index (χ1) is 10.7. The molecule has 0 unspecified atom stereocenters. The number of rotatable bonds is 4. The molecule has 0 fully saturated rings. The summed E-state index contributed by atoms with van der Waals surface area (Å²) in [5, 5.41) is 2.28. The van der Waals surface area contributed by atoms with Gasteiger partial charge in [-0.1, -0.05) is 22.9 Å². The summed E-state index contributed by atoms with van der Waals surface area (Å²) >= 11 is 6.26. The lowest BCUT2D eigenvalue weighted by molar-refractivity contribution is -0.141. The maximum absolute atomic E-state index is 13.0. The Hall–Kier alpha value is -1.87. The SMILES string of the molecule is CCOC(=O)c1sc(Nc2ccc(F)cc2Cl)nc1C(F)(F)F. The largest absolute Gasteiger partial charge is 0.462 e. The summed E-state index contributed by atoms with van der Waals surface area (Å²) in [4.78, 5) is 14.3. The molecular formula is C13H9ClF4N2O2S. The smallest absolute Gasteiger partial charge is 0.435 e. The fraction of sp³-hybridized carbons (Fsp3) is 0.231. The molecule has 0 aliphatic heterocycles. The Balaban J connectivity index is 2.38. The second-order valence-corrected chi connectivity index (χ2v) is 5.57. The van der Waals surface area contributed by atoms with Crippen molar-refractivity contribution < 1.29 is 27.1 Å². The second kappa shape index (κ2) is 6.71. The van der Waals surface area contributed by atoms with Crippen LogP contribution in [0.3, 0.4) is 0 Å². The van der Waals surface area contributed by atoms with E-state index in [1.807, 2.05) is 0 Å². The topological polar surface area (TPSA) is 51.2 Å². The summed E-state index contributed by atoms with van der Waals surface area (Å²) in [5.41, 5.74) is -1.19. The first kappa shape index (κ1) is 17.5. The Kier molecular flexibility index (Phi) is 5.10. The van der Waals surface area contributed by atoms with Gasteiger partial charge >= 0.3 is 12.1 Å². The van der Waals surface area contributed by atoms with E-state index >= 15 is 0 Å². The summed E-state index contributed by atoms with van der Waals surface area (Å²) < 4.78 is 56.5. The van der Waals surface area contributed by atoms with Crippen LogP contribution < -0.4 is 5.32 Å². The number of halogens is 5. The number of hydrogen-bond acceptors (Lipinski definition) is 5. The van der Waals surface area contributed by atoms with Gasteiger partial charge in [-0.15, -0.1) is 0 Å². The fourth-order valence-corrected chi connectivity index (χ4v) is 2.71. The van der Waals surface area contributed by atoms with Gasteiger partial charge in [-0.05, 0) is 25.1 Å². The van der Waals surface area contributed by atoms with Crippen molar-refractivity contribution in [2.45, 2.75) is 13.1 Å². The third kappa shape index (κ3) is 4.11. The van der Waals surface area contributed by atoms with Crippen LogP contribution >= 0.6 is 22.9 Å². The van der Waals surface area contributed by atoms with Gasteiger partial charge in [0.2, 0.25) is 0 Å². The first-order valence-corrected chi connectivity index (χ1v) is 7.39. The quantitative estimate of drug-likeness (QED) is 0.617. The van der Waals surface area contributed by atoms with Gasteiger partial charge in [0.1, 0.15) is 10.7 Å². The van der Waals surface area contributed by atoms with Crippen LogP contribution in [0.2, 0.25) is 5.02 Å². The predicted octanol–water partition coefficient (Wildman–Crippen LogP) is 4.87. The number of alkyl halides is 3. The molecular weight excluding hydrogens is 360 g/mol. The van der Waals surface area contributed by atoms with E-state index in [-0.39, 0.29) is 22.4 Å². The van der Waals surface area contributed by atoms with E-state index in [1.54, 1.807) is 0 Å². The number of nitrogens with zero attached hydrogens (tertiary/aromatic N) is 1. The lowest BCUT2D eigenvalue weighted by Gasteiger charge is -2.05. The summed E-state index contributed by atoms with van der Waals surface area (Å²) in [6.07, 6.45) is -4.81. The minimum Gasteiger partial charge on any atom is -0.462 e. The van der Waals surface area contributed by atoms with Crippen LogP contribution in [-0.2, 0) is 10.9 Å². The highest BCUT2D eigenvalue weighted by Crippen LogP contribution is 2.38. The first-order valence-electron chi connectivity index (χ1n) is 6.19. The standard InChI is InChI=1S/C13H9ClF4N2O2S/c1-2-22-11(21)9-10(13(16,17)18)20-12(23-9)19-8-4-3-6(15)5-7(8)14/h3-5H,2H2,1H3,(H,19,20). The van der Waals surface area contributed by atoms with E-state index in [0.717, 1.165) is 12.1 Å². The summed E-state index contributed by atoms with van der Waals surface area (Å²) in [7, 11) is 0. The van der Waals surface area contributed by atoms with Crippen molar-refractivity contribution in [3.63, 3.8) is 0 Å². The van der Waals surface area contributed by atoms with Gasteiger partial charge in [-0.2, -0.15) is 13.2 Å². The zero-order chi connectivity index (χ0) is 17.2.